The Hall–Kier alpha value is -3.16. The maximum atomic E-state index is 12.4. The molecular weight excluding hydrogens is 390 g/mol. The minimum Gasteiger partial charge on any atom is -0.490 e. The zero-order valence-electron chi connectivity index (χ0n) is 18.3. The van der Waals surface area contributed by atoms with E-state index in [4.69, 9.17) is 14.2 Å². The van der Waals surface area contributed by atoms with Crippen LogP contribution in [0.1, 0.15) is 47.0 Å². The molecule has 1 amide bonds. The number of allylic oxidation sites excluding steroid dienone is 5. The van der Waals surface area contributed by atoms with E-state index in [1.165, 1.54) is 27.2 Å². The van der Waals surface area contributed by atoms with Crippen molar-refractivity contribution in [1.82, 2.24) is 5.32 Å². The molecule has 1 rings (SSSR count). The van der Waals surface area contributed by atoms with Crippen LogP contribution in [0, 0.1) is 0 Å². The van der Waals surface area contributed by atoms with Gasteiger partial charge in [-0.25, -0.2) is 0 Å². The van der Waals surface area contributed by atoms with Crippen molar-refractivity contribution in [2.45, 2.75) is 53.2 Å². The number of Topliss-reactive ketones (excluding diaryl/α,β-unsaturated/α-hetero) is 1. The Morgan fingerprint density at radius 1 is 1.07 bits per heavy atom. The normalized spacial score (nSPS) is 16.1. The Morgan fingerprint density at radius 3 is 2.27 bits per heavy atom. The van der Waals surface area contributed by atoms with Crippen molar-refractivity contribution in [3.8, 4) is 0 Å². The van der Waals surface area contributed by atoms with Crippen LogP contribution in [0.25, 0.3) is 0 Å². The zero-order chi connectivity index (χ0) is 22.8. The number of methoxy groups -OCH3 is 2. The maximum absolute atomic E-state index is 12.4. The van der Waals surface area contributed by atoms with E-state index < -0.39 is 18.0 Å². The standard InChI is InChI=1S/C22H29NO7/c1-13(8-7-9-14(2)22(27)23-15(3)30-16(4)24)10-11-17-12-18(25)20(28-5)21(29-6)19(17)26/h9-10,12,15H,7-8,11H2,1-6H3,(H,23,27)/b13-10+,14-9+. The number of esters is 1. The molecule has 0 saturated carbocycles. The van der Waals surface area contributed by atoms with E-state index in [2.05, 4.69) is 5.32 Å². The van der Waals surface area contributed by atoms with E-state index in [0.29, 0.717) is 30.4 Å². The third kappa shape index (κ3) is 7.35. The summed E-state index contributed by atoms with van der Waals surface area (Å²) in [5, 5.41) is 2.58. The largest absolute Gasteiger partial charge is 0.490 e. The lowest BCUT2D eigenvalue weighted by atomic mass is 9.96. The maximum Gasteiger partial charge on any atom is 0.304 e. The number of ketones is 2. The number of amides is 1. The van der Waals surface area contributed by atoms with Crippen LogP contribution in [0.15, 0.2) is 46.5 Å². The first kappa shape index (κ1) is 24.9. The number of hydrogen-bond donors (Lipinski definition) is 1. The fraction of sp³-hybridized carbons (Fsp3) is 0.455. The van der Waals surface area contributed by atoms with Crippen molar-refractivity contribution < 1.29 is 33.4 Å². The second kappa shape index (κ2) is 11.7. The van der Waals surface area contributed by atoms with Crippen LogP contribution >= 0.6 is 0 Å². The molecule has 8 heteroatoms. The van der Waals surface area contributed by atoms with Crippen molar-refractivity contribution >= 4 is 23.4 Å². The Morgan fingerprint density at radius 2 is 1.70 bits per heavy atom. The molecule has 1 unspecified atom stereocenters. The Bertz CT molecular complexity index is 830. The van der Waals surface area contributed by atoms with E-state index in [-0.39, 0.29) is 23.2 Å². The Labute approximate surface area is 176 Å². The summed E-state index contributed by atoms with van der Waals surface area (Å²) in [6, 6.07) is 0. The highest BCUT2D eigenvalue weighted by atomic mass is 16.6. The van der Waals surface area contributed by atoms with E-state index in [9.17, 15) is 19.2 Å². The summed E-state index contributed by atoms with van der Waals surface area (Å²) < 4.78 is 14.8. The highest BCUT2D eigenvalue weighted by molar-refractivity contribution is 6.21. The first-order valence-corrected chi connectivity index (χ1v) is 9.53. The van der Waals surface area contributed by atoms with Crippen LogP contribution in [0.4, 0.5) is 0 Å². The highest BCUT2D eigenvalue weighted by Gasteiger charge is 2.30. The van der Waals surface area contributed by atoms with Crippen molar-refractivity contribution in [3.05, 3.63) is 46.5 Å². The number of rotatable bonds is 10. The Balaban J connectivity index is 2.61. The van der Waals surface area contributed by atoms with Gasteiger partial charge in [0.05, 0.1) is 14.2 Å². The van der Waals surface area contributed by atoms with Crippen LogP contribution in [-0.2, 0) is 33.4 Å². The molecule has 0 aromatic heterocycles. The molecule has 0 saturated heterocycles. The SMILES string of the molecule is COC1=C(OC)C(=O)C(C/C=C(\C)CC/C=C(\C)C(=O)NC(C)OC(C)=O)=CC1=O. The summed E-state index contributed by atoms with van der Waals surface area (Å²) in [5.41, 5.74) is 1.86. The molecule has 1 aliphatic rings. The van der Waals surface area contributed by atoms with Crippen molar-refractivity contribution in [2.75, 3.05) is 14.2 Å². The first-order valence-electron chi connectivity index (χ1n) is 9.53. The van der Waals surface area contributed by atoms with E-state index >= 15 is 0 Å². The molecule has 1 N–H and O–H groups in total. The van der Waals surface area contributed by atoms with Crippen molar-refractivity contribution in [1.29, 1.82) is 0 Å². The van der Waals surface area contributed by atoms with E-state index in [0.717, 1.165) is 5.57 Å². The van der Waals surface area contributed by atoms with Gasteiger partial charge in [0.25, 0.3) is 0 Å². The number of hydrogen-bond acceptors (Lipinski definition) is 7. The molecule has 8 nitrogen and oxygen atoms in total. The van der Waals surface area contributed by atoms with Gasteiger partial charge in [-0.1, -0.05) is 17.7 Å². The predicted octanol–water partition coefficient (Wildman–Crippen LogP) is 2.66. The number of carbonyl (C=O) groups is 4. The summed E-state index contributed by atoms with van der Waals surface area (Å²) in [6.07, 6.45) is 5.82. The van der Waals surface area contributed by atoms with E-state index in [1.54, 1.807) is 19.9 Å². The minimum atomic E-state index is -0.700. The summed E-state index contributed by atoms with van der Waals surface area (Å²) in [7, 11) is 2.64. The monoisotopic (exact) mass is 419 g/mol. The molecule has 0 heterocycles. The molecule has 0 bridgehead atoms. The molecule has 30 heavy (non-hydrogen) atoms. The van der Waals surface area contributed by atoms with Gasteiger partial charge < -0.3 is 19.5 Å². The van der Waals surface area contributed by atoms with Gasteiger partial charge >= 0.3 is 5.97 Å². The Kier molecular flexibility index (Phi) is 9.74. The van der Waals surface area contributed by atoms with Gasteiger partial charge in [0.15, 0.2) is 6.23 Å². The summed E-state index contributed by atoms with van der Waals surface area (Å²) in [4.78, 5) is 47.4. The predicted molar refractivity (Wildman–Crippen MR) is 110 cm³/mol. The van der Waals surface area contributed by atoms with Crippen molar-refractivity contribution in [3.63, 3.8) is 0 Å². The van der Waals surface area contributed by atoms with Gasteiger partial charge in [-0.15, -0.1) is 0 Å². The highest BCUT2D eigenvalue weighted by Crippen LogP contribution is 2.23. The topological polar surface area (TPSA) is 108 Å². The van der Waals surface area contributed by atoms with Gasteiger partial charge in [-0.2, -0.15) is 0 Å². The molecule has 0 radical (unpaired) electrons. The van der Waals surface area contributed by atoms with Gasteiger partial charge in [-0.3, -0.25) is 19.2 Å². The molecule has 0 aliphatic heterocycles. The minimum absolute atomic E-state index is 0.0846. The lowest BCUT2D eigenvalue weighted by Gasteiger charge is -2.16. The molecule has 1 aliphatic carbocycles. The van der Waals surface area contributed by atoms with Gasteiger partial charge in [0.1, 0.15) is 0 Å². The van der Waals surface area contributed by atoms with Crippen molar-refractivity contribution in [2.24, 2.45) is 0 Å². The fourth-order valence-corrected chi connectivity index (χ4v) is 2.75. The van der Waals surface area contributed by atoms with Gasteiger partial charge in [-0.05, 0) is 46.1 Å². The second-order valence-corrected chi connectivity index (χ2v) is 6.83. The fourth-order valence-electron chi connectivity index (χ4n) is 2.75. The summed E-state index contributed by atoms with van der Waals surface area (Å²) >= 11 is 0. The molecule has 0 spiro atoms. The average Bonchev–Trinajstić information content (AvgIpc) is 2.66. The van der Waals surface area contributed by atoms with Crippen LogP contribution in [0.3, 0.4) is 0 Å². The average molecular weight is 419 g/mol. The second-order valence-electron chi connectivity index (χ2n) is 6.83. The van der Waals surface area contributed by atoms with E-state index in [1.807, 2.05) is 13.0 Å². The smallest absolute Gasteiger partial charge is 0.304 e. The van der Waals surface area contributed by atoms with Crippen LogP contribution < -0.4 is 5.32 Å². The number of nitrogens with one attached hydrogen (secondary N) is 1. The lowest BCUT2D eigenvalue weighted by molar-refractivity contribution is -0.148. The van der Waals surface area contributed by atoms with Gasteiger partial charge in [0.2, 0.25) is 29.0 Å². The third-order valence-corrected chi connectivity index (χ3v) is 4.34. The quantitative estimate of drug-likeness (QED) is 0.191. The molecule has 0 aromatic carbocycles. The van der Waals surface area contributed by atoms with Crippen LogP contribution in [0.5, 0.6) is 0 Å². The zero-order valence-corrected chi connectivity index (χ0v) is 18.3. The number of carbonyl (C=O) groups excluding carboxylic acids is 4. The molecule has 0 aromatic rings. The lowest BCUT2D eigenvalue weighted by Crippen LogP contribution is -2.36. The number of ether oxygens (including phenoxy) is 3. The molecule has 0 fully saturated rings. The summed E-state index contributed by atoms with van der Waals surface area (Å²) in [5.74, 6) is -1.72. The summed E-state index contributed by atoms with van der Waals surface area (Å²) in [6.45, 7) is 6.44. The van der Waals surface area contributed by atoms with Crippen LogP contribution in [-0.4, -0.2) is 43.9 Å². The molecular formula is C22H29NO7. The molecule has 164 valence electrons. The van der Waals surface area contributed by atoms with Crippen LogP contribution in [0.2, 0.25) is 0 Å². The third-order valence-electron chi connectivity index (χ3n) is 4.34. The molecule has 1 atom stereocenters. The van der Waals surface area contributed by atoms with Gasteiger partial charge in [0, 0.05) is 18.1 Å². The first-order chi connectivity index (χ1) is 14.1.